The first-order valence-electron chi connectivity index (χ1n) is 9.64. The average Bonchev–Trinajstić information content (AvgIpc) is 3.39. The number of likely N-dealkylation sites (tertiary alicyclic amines) is 1. The van der Waals surface area contributed by atoms with Crippen molar-refractivity contribution in [1.82, 2.24) is 14.5 Å². The smallest absolute Gasteiger partial charge is 0.263 e. The summed E-state index contributed by atoms with van der Waals surface area (Å²) >= 11 is 9.30. The second-order valence-electron chi connectivity index (χ2n) is 7.46. The van der Waals surface area contributed by atoms with Gasteiger partial charge in [0, 0.05) is 32.4 Å². The van der Waals surface area contributed by atoms with Crippen molar-refractivity contribution in [3.63, 3.8) is 0 Å². The van der Waals surface area contributed by atoms with E-state index in [4.69, 9.17) is 16.6 Å². The van der Waals surface area contributed by atoms with E-state index in [0.717, 1.165) is 58.0 Å². The third kappa shape index (κ3) is 3.44. The van der Waals surface area contributed by atoms with Crippen molar-refractivity contribution >= 4 is 44.5 Å². The summed E-state index contributed by atoms with van der Waals surface area (Å²) in [4.78, 5) is 23.1. The Balaban J connectivity index is 1.76. The summed E-state index contributed by atoms with van der Waals surface area (Å²) in [5.74, 6) is 0.744. The van der Waals surface area contributed by atoms with Crippen LogP contribution < -0.4 is 5.56 Å². The van der Waals surface area contributed by atoms with Crippen molar-refractivity contribution in [2.24, 2.45) is 0 Å². The van der Waals surface area contributed by atoms with Crippen molar-refractivity contribution in [3.05, 3.63) is 62.5 Å². The predicted molar refractivity (Wildman–Crippen MR) is 123 cm³/mol. The molecular weight excluding hydrogens is 422 g/mol. The van der Waals surface area contributed by atoms with Gasteiger partial charge in [-0.2, -0.15) is 0 Å². The highest BCUT2D eigenvalue weighted by molar-refractivity contribution is 7.18. The molecule has 0 atom stereocenters. The Morgan fingerprint density at radius 3 is 2.55 bits per heavy atom. The van der Waals surface area contributed by atoms with Gasteiger partial charge < -0.3 is 4.90 Å². The second-order valence-corrected chi connectivity index (χ2v) is 9.70. The van der Waals surface area contributed by atoms with Crippen LogP contribution in [0.3, 0.4) is 0 Å². The summed E-state index contributed by atoms with van der Waals surface area (Å²) in [5, 5.41) is 5.53. The Bertz CT molecular complexity index is 1200. The number of aromatic nitrogens is 2. The van der Waals surface area contributed by atoms with Crippen LogP contribution in [-0.2, 0) is 0 Å². The number of halogens is 1. The number of nitrogens with zero attached hydrogens (tertiary/aromatic N) is 3. The zero-order valence-electron chi connectivity index (χ0n) is 16.0. The molecule has 0 aliphatic carbocycles. The van der Waals surface area contributed by atoms with Crippen molar-refractivity contribution < 1.29 is 0 Å². The van der Waals surface area contributed by atoms with Gasteiger partial charge in [0.25, 0.3) is 5.56 Å². The molecule has 1 saturated heterocycles. The first-order valence-corrected chi connectivity index (χ1v) is 11.8. The lowest BCUT2D eigenvalue weighted by Crippen LogP contribution is -2.36. The fraction of sp³-hybridized carbons (Fsp3) is 0.273. The van der Waals surface area contributed by atoms with Gasteiger partial charge in [0.1, 0.15) is 10.7 Å². The van der Waals surface area contributed by atoms with E-state index in [1.54, 1.807) is 22.7 Å². The van der Waals surface area contributed by atoms with Crippen LogP contribution in [0.25, 0.3) is 32.0 Å². The summed E-state index contributed by atoms with van der Waals surface area (Å²) in [6.45, 7) is 1.97. The molecule has 3 aromatic heterocycles. The van der Waals surface area contributed by atoms with Crippen LogP contribution in [0.2, 0.25) is 5.02 Å². The molecule has 4 aromatic rings. The van der Waals surface area contributed by atoms with Gasteiger partial charge in [-0.3, -0.25) is 9.36 Å². The summed E-state index contributed by atoms with van der Waals surface area (Å²) in [6, 6.07) is 11.9. The molecule has 7 heteroatoms. The topological polar surface area (TPSA) is 38.1 Å². The van der Waals surface area contributed by atoms with Gasteiger partial charge in [0.05, 0.1) is 5.39 Å². The molecule has 0 spiro atoms. The lowest BCUT2D eigenvalue weighted by atomic mass is 10.0. The molecule has 148 valence electrons. The third-order valence-electron chi connectivity index (χ3n) is 5.58. The molecule has 1 fully saturated rings. The van der Waals surface area contributed by atoms with Gasteiger partial charge in [0.2, 0.25) is 0 Å². The van der Waals surface area contributed by atoms with Crippen molar-refractivity contribution in [1.29, 1.82) is 0 Å². The molecule has 0 radical (unpaired) electrons. The predicted octanol–water partition coefficient (Wildman–Crippen LogP) is 5.77. The lowest BCUT2D eigenvalue weighted by Gasteiger charge is -2.31. The minimum Gasteiger partial charge on any atom is -0.306 e. The Labute approximate surface area is 182 Å². The summed E-state index contributed by atoms with van der Waals surface area (Å²) in [6.07, 6.45) is 1.89. The molecule has 0 bridgehead atoms. The summed E-state index contributed by atoms with van der Waals surface area (Å²) < 4.78 is 1.95. The van der Waals surface area contributed by atoms with Crippen molar-refractivity contribution in [3.8, 4) is 21.8 Å². The molecule has 0 unspecified atom stereocenters. The van der Waals surface area contributed by atoms with E-state index >= 15 is 0 Å². The van der Waals surface area contributed by atoms with Crippen LogP contribution >= 0.6 is 34.3 Å². The van der Waals surface area contributed by atoms with E-state index in [0.29, 0.717) is 5.02 Å². The second kappa shape index (κ2) is 7.69. The molecule has 0 saturated carbocycles. The SMILES string of the molecule is CN1CCC(n2c(-c3ccc(Cl)cc3)nc3scc(-c4cccs4)c3c2=O)CC1. The van der Waals surface area contributed by atoms with E-state index in [-0.39, 0.29) is 11.6 Å². The Kier molecular flexibility index (Phi) is 5.04. The minimum atomic E-state index is 0.0687. The number of fused-ring (bicyclic) bond motifs is 1. The van der Waals surface area contributed by atoms with Gasteiger partial charge >= 0.3 is 0 Å². The van der Waals surface area contributed by atoms with Gasteiger partial charge in [-0.25, -0.2) is 4.98 Å². The van der Waals surface area contributed by atoms with Crippen LogP contribution in [0.5, 0.6) is 0 Å². The zero-order valence-corrected chi connectivity index (χ0v) is 18.4. The van der Waals surface area contributed by atoms with E-state index in [1.807, 2.05) is 40.3 Å². The molecule has 1 aliphatic heterocycles. The molecule has 5 rings (SSSR count). The molecule has 0 N–H and O–H groups in total. The standard InChI is InChI=1S/C22H20ClN3OS2/c1-25-10-8-16(9-11-25)26-20(14-4-6-15(23)7-5-14)24-21-19(22(26)27)17(13-29-21)18-3-2-12-28-18/h2-7,12-13,16H,8-11H2,1H3. The highest BCUT2D eigenvalue weighted by Crippen LogP contribution is 2.36. The maximum atomic E-state index is 13.8. The monoisotopic (exact) mass is 441 g/mol. The number of piperidine rings is 1. The van der Waals surface area contributed by atoms with Gasteiger partial charge in [-0.05, 0) is 68.7 Å². The fourth-order valence-corrected chi connectivity index (χ4v) is 5.89. The number of benzene rings is 1. The highest BCUT2D eigenvalue weighted by atomic mass is 35.5. The fourth-order valence-electron chi connectivity index (χ4n) is 4.01. The van der Waals surface area contributed by atoms with E-state index in [2.05, 4.69) is 23.4 Å². The normalized spacial score (nSPS) is 15.9. The van der Waals surface area contributed by atoms with E-state index in [9.17, 15) is 4.79 Å². The molecule has 1 aromatic carbocycles. The van der Waals surface area contributed by atoms with E-state index in [1.165, 1.54) is 0 Å². The lowest BCUT2D eigenvalue weighted by molar-refractivity contribution is 0.219. The number of thiophene rings is 2. The number of hydrogen-bond donors (Lipinski definition) is 0. The van der Waals surface area contributed by atoms with Crippen LogP contribution in [0, 0.1) is 0 Å². The van der Waals surface area contributed by atoms with Gasteiger partial charge in [-0.15, -0.1) is 22.7 Å². The van der Waals surface area contributed by atoms with Gasteiger partial charge in [-0.1, -0.05) is 17.7 Å². The maximum absolute atomic E-state index is 13.8. The Morgan fingerprint density at radius 1 is 1.10 bits per heavy atom. The van der Waals surface area contributed by atoms with Crippen molar-refractivity contribution in [2.75, 3.05) is 20.1 Å². The summed E-state index contributed by atoms with van der Waals surface area (Å²) in [5.41, 5.74) is 2.00. The van der Waals surface area contributed by atoms with Crippen LogP contribution in [0.4, 0.5) is 0 Å². The quantitative estimate of drug-likeness (QED) is 0.404. The molecular formula is C22H20ClN3OS2. The van der Waals surface area contributed by atoms with Crippen LogP contribution in [0.1, 0.15) is 18.9 Å². The first kappa shape index (κ1) is 19.0. The Morgan fingerprint density at radius 2 is 1.86 bits per heavy atom. The maximum Gasteiger partial charge on any atom is 0.263 e. The minimum absolute atomic E-state index is 0.0687. The highest BCUT2D eigenvalue weighted by Gasteiger charge is 2.26. The molecule has 1 aliphatic rings. The molecule has 29 heavy (non-hydrogen) atoms. The van der Waals surface area contributed by atoms with E-state index < -0.39 is 0 Å². The van der Waals surface area contributed by atoms with Crippen molar-refractivity contribution in [2.45, 2.75) is 18.9 Å². The zero-order chi connectivity index (χ0) is 20.0. The Hall–Kier alpha value is -1.99. The molecule has 0 amide bonds. The van der Waals surface area contributed by atoms with Gasteiger partial charge in [0.15, 0.2) is 0 Å². The molecule has 4 nitrogen and oxygen atoms in total. The first-order chi connectivity index (χ1) is 14.1. The van der Waals surface area contributed by atoms with Crippen LogP contribution in [0.15, 0.2) is 52.0 Å². The number of rotatable bonds is 3. The average molecular weight is 442 g/mol. The number of hydrogen-bond acceptors (Lipinski definition) is 5. The van der Waals surface area contributed by atoms with Crippen LogP contribution in [-0.4, -0.2) is 34.6 Å². The third-order valence-corrected chi connectivity index (χ3v) is 7.61. The summed E-state index contributed by atoms with van der Waals surface area (Å²) in [7, 11) is 2.13. The largest absolute Gasteiger partial charge is 0.306 e. The molecule has 4 heterocycles.